The normalized spacial score (nSPS) is 16.7. The highest BCUT2D eigenvalue weighted by Crippen LogP contribution is 2.42. The Morgan fingerprint density at radius 3 is 2.68 bits per heavy atom. The molecule has 6 nitrogen and oxygen atoms in total. The summed E-state index contributed by atoms with van der Waals surface area (Å²) < 4.78 is 10.7. The van der Waals surface area contributed by atoms with Gasteiger partial charge in [0, 0.05) is 24.1 Å². The van der Waals surface area contributed by atoms with Crippen LogP contribution in [0.2, 0.25) is 0 Å². The van der Waals surface area contributed by atoms with Gasteiger partial charge in [-0.15, -0.1) is 0 Å². The SMILES string of the molecule is COc1ccc(/C=C2\Sc3ccc(C(=O)NCCC4=CCCCC4)cc3N(C)C2=O)cc1OC. The maximum atomic E-state index is 13.1. The molecule has 7 heteroatoms. The van der Waals surface area contributed by atoms with Crippen LogP contribution in [0.3, 0.4) is 0 Å². The third kappa shape index (κ3) is 5.30. The number of methoxy groups -OCH3 is 2. The van der Waals surface area contributed by atoms with Gasteiger partial charge in [0.25, 0.3) is 11.8 Å². The first-order chi connectivity index (χ1) is 16.5. The lowest BCUT2D eigenvalue weighted by Gasteiger charge is -2.27. The summed E-state index contributed by atoms with van der Waals surface area (Å²) >= 11 is 1.40. The van der Waals surface area contributed by atoms with E-state index in [0.29, 0.717) is 28.5 Å². The Labute approximate surface area is 205 Å². The van der Waals surface area contributed by atoms with Crippen molar-refractivity contribution in [3.8, 4) is 11.5 Å². The Morgan fingerprint density at radius 1 is 1.12 bits per heavy atom. The topological polar surface area (TPSA) is 67.9 Å². The number of nitrogens with one attached hydrogen (secondary N) is 1. The molecule has 1 heterocycles. The lowest BCUT2D eigenvalue weighted by Crippen LogP contribution is -2.31. The molecule has 0 saturated heterocycles. The van der Waals surface area contributed by atoms with Crippen LogP contribution in [-0.2, 0) is 4.79 Å². The number of nitrogens with zero attached hydrogens (tertiary/aromatic N) is 1. The van der Waals surface area contributed by atoms with Crippen molar-refractivity contribution in [2.75, 3.05) is 32.7 Å². The van der Waals surface area contributed by atoms with E-state index in [2.05, 4.69) is 11.4 Å². The smallest absolute Gasteiger partial charge is 0.264 e. The van der Waals surface area contributed by atoms with Crippen molar-refractivity contribution in [1.29, 1.82) is 0 Å². The molecule has 2 aromatic carbocycles. The Bertz CT molecular complexity index is 1160. The lowest BCUT2D eigenvalue weighted by molar-refractivity contribution is -0.114. The fourth-order valence-corrected chi connectivity index (χ4v) is 5.29. The minimum Gasteiger partial charge on any atom is -0.493 e. The van der Waals surface area contributed by atoms with Gasteiger partial charge in [0.2, 0.25) is 0 Å². The van der Waals surface area contributed by atoms with Crippen LogP contribution in [0.1, 0.15) is 48.0 Å². The van der Waals surface area contributed by atoms with Crippen molar-refractivity contribution in [3.05, 3.63) is 64.1 Å². The van der Waals surface area contributed by atoms with Crippen LogP contribution < -0.4 is 19.7 Å². The minimum atomic E-state index is -0.117. The summed E-state index contributed by atoms with van der Waals surface area (Å²) in [5, 5.41) is 3.02. The van der Waals surface area contributed by atoms with Crippen molar-refractivity contribution in [2.45, 2.75) is 37.0 Å². The van der Waals surface area contributed by atoms with E-state index in [9.17, 15) is 9.59 Å². The van der Waals surface area contributed by atoms with Crippen LogP contribution in [0.4, 0.5) is 5.69 Å². The van der Waals surface area contributed by atoms with Gasteiger partial charge in [-0.05, 0) is 74.1 Å². The molecular weight excluding hydrogens is 448 g/mol. The van der Waals surface area contributed by atoms with Gasteiger partial charge in [0.15, 0.2) is 11.5 Å². The second kappa shape index (κ2) is 10.8. The molecule has 0 bridgehead atoms. The van der Waals surface area contributed by atoms with Gasteiger partial charge in [-0.3, -0.25) is 9.59 Å². The quantitative estimate of drug-likeness (QED) is 0.424. The molecule has 0 unspecified atom stereocenters. The molecule has 0 aromatic heterocycles. The zero-order chi connectivity index (χ0) is 24.1. The number of anilines is 1. The number of hydrogen-bond donors (Lipinski definition) is 1. The molecule has 0 saturated carbocycles. The highest BCUT2D eigenvalue weighted by molar-refractivity contribution is 8.04. The molecule has 1 aliphatic heterocycles. The first kappa shape index (κ1) is 24.0. The summed E-state index contributed by atoms with van der Waals surface area (Å²) in [7, 11) is 4.91. The summed E-state index contributed by atoms with van der Waals surface area (Å²) in [4.78, 5) is 28.9. The number of ether oxygens (including phenoxy) is 2. The maximum Gasteiger partial charge on any atom is 0.264 e. The summed E-state index contributed by atoms with van der Waals surface area (Å²) in [6.07, 6.45) is 9.84. The molecule has 2 aliphatic rings. The van der Waals surface area contributed by atoms with E-state index < -0.39 is 0 Å². The first-order valence-corrected chi connectivity index (χ1v) is 12.3. The average molecular weight is 479 g/mol. The number of allylic oxidation sites excluding steroid dienone is 1. The van der Waals surface area contributed by atoms with E-state index >= 15 is 0 Å². The number of amides is 2. The summed E-state index contributed by atoms with van der Waals surface area (Å²) in [6.45, 7) is 0.628. The van der Waals surface area contributed by atoms with Gasteiger partial charge >= 0.3 is 0 Å². The van der Waals surface area contributed by atoms with Crippen LogP contribution in [0.25, 0.3) is 6.08 Å². The number of carbonyl (C=O) groups excluding carboxylic acids is 2. The van der Waals surface area contributed by atoms with Crippen molar-refractivity contribution < 1.29 is 19.1 Å². The van der Waals surface area contributed by atoms with E-state index in [4.69, 9.17) is 9.47 Å². The molecule has 2 amide bonds. The number of hydrogen-bond acceptors (Lipinski definition) is 5. The number of thioether (sulfide) groups is 1. The third-order valence-corrected chi connectivity index (χ3v) is 7.22. The Morgan fingerprint density at radius 2 is 1.94 bits per heavy atom. The van der Waals surface area contributed by atoms with Gasteiger partial charge in [0.1, 0.15) is 0 Å². The number of fused-ring (bicyclic) bond motifs is 1. The van der Waals surface area contributed by atoms with Crippen molar-refractivity contribution in [3.63, 3.8) is 0 Å². The molecule has 2 aromatic rings. The van der Waals surface area contributed by atoms with E-state index in [-0.39, 0.29) is 11.8 Å². The van der Waals surface area contributed by atoms with Crippen LogP contribution in [-0.4, -0.2) is 39.6 Å². The van der Waals surface area contributed by atoms with Gasteiger partial charge in [-0.25, -0.2) is 0 Å². The number of rotatable bonds is 7. The van der Waals surface area contributed by atoms with Gasteiger partial charge < -0.3 is 19.7 Å². The van der Waals surface area contributed by atoms with Gasteiger partial charge in [0.05, 0.1) is 24.8 Å². The predicted molar refractivity (Wildman–Crippen MR) is 137 cm³/mol. The van der Waals surface area contributed by atoms with E-state index in [1.807, 2.05) is 36.4 Å². The average Bonchev–Trinajstić information content (AvgIpc) is 2.87. The largest absolute Gasteiger partial charge is 0.493 e. The van der Waals surface area contributed by atoms with E-state index in [1.165, 1.54) is 30.2 Å². The molecule has 34 heavy (non-hydrogen) atoms. The molecule has 4 rings (SSSR count). The Kier molecular flexibility index (Phi) is 7.63. The van der Waals surface area contributed by atoms with Crippen molar-refractivity contribution >= 4 is 35.3 Å². The van der Waals surface area contributed by atoms with Crippen LogP contribution >= 0.6 is 11.8 Å². The maximum absolute atomic E-state index is 13.1. The summed E-state index contributed by atoms with van der Waals surface area (Å²) in [5.41, 5.74) is 3.58. The monoisotopic (exact) mass is 478 g/mol. The fourth-order valence-electron chi connectivity index (χ4n) is 4.20. The van der Waals surface area contributed by atoms with Crippen molar-refractivity contribution in [1.82, 2.24) is 5.32 Å². The number of benzene rings is 2. The van der Waals surface area contributed by atoms with E-state index in [0.717, 1.165) is 35.4 Å². The first-order valence-electron chi connectivity index (χ1n) is 11.5. The zero-order valence-electron chi connectivity index (χ0n) is 19.8. The highest BCUT2D eigenvalue weighted by atomic mass is 32.2. The third-order valence-electron chi connectivity index (χ3n) is 6.14. The van der Waals surface area contributed by atoms with Crippen LogP contribution in [0.15, 0.2) is 57.8 Å². The summed E-state index contributed by atoms with van der Waals surface area (Å²) in [5.74, 6) is 1.01. The van der Waals surface area contributed by atoms with E-state index in [1.54, 1.807) is 32.2 Å². The predicted octanol–water partition coefficient (Wildman–Crippen LogP) is 5.43. The fraction of sp³-hybridized carbons (Fsp3) is 0.333. The molecule has 0 spiro atoms. The minimum absolute atomic E-state index is 0.114. The molecular formula is C27H30N2O4S. The van der Waals surface area contributed by atoms with Gasteiger partial charge in [-0.2, -0.15) is 0 Å². The molecule has 1 aliphatic carbocycles. The number of carbonyl (C=O) groups is 2. The molecule has 178 valence electrons. The highest BCUT2D eigenvalue weighted by Gasteiger charge is 2.27. The lowest BCUT2D eigenvalue weighted by atomic mass is 9.97. The van der Waals surface area contributed by atoms with Crippen LogP contribution in [0.5, 0.6) is 11.5 Å². The second-order valence-corrected chi connectivity index (χ2v) is 9.47. The standard InChI is InChI=1S/C27H30N2O4S/c1-29-21-17-20(26(30)28-14-13-18-7-5-4-6-8-18)10-12-24(21)34-25(27(29)31)16-19-9-11-22(32-2)23(15-19)33-3/h7,9-12,15-17H,4-6,8,13-14H2,1-3H3,(H,28,30)/b25-16-. The molecule has 0 radical (unpaired) electrons. The Hall–Kier alpha value is -3.19. The van der Waals surface area contributed by atoms with Gasteiger partial charge in [-0.1, -0.05) is 29.5 Å². The van der Waals surface area contributed by atoms with Crippen molar-refractivity contribution in [2.24, 2.45) is 0 Å². The second-order valence-electron chi connectivity index (χ2n) is 8.39. The molecule has 1 N–H and O–H groups in total. The molecule has 0 atom stereocenters. The Balaban J connectivity index is 1.48. The molecule has 0 fully saturated rings. The zero-order valence-corrected chi connectivity index (χ0v) is 20.7. The van der Waals surface area contributed by atoms with Crippen LogP contribution in [0, 0.1) is 0 Å². The number of likely N-dealkylation sites (N-methyl/N-ethyl adjacent to an activating group) is 1. The summed E-state index contributed by atoms with van der Waals surface area (Å²) in [6, 6.07) is 11.1.